The number of methoxy groups -OCH3 is 2. The Hall–Kier alpha value is -1.22. The van der Waals surface area contributed by atoms with E-state index in [2.05, 4.69) is 0 Å². The molecule has 1 fully saturated rings. The number of hydrogen-bond acceptors (Lipinski definition) is 3. The fourth-order valence-electron chi connectivity index (χ4n) is 2.37. The lowest BCUT2D eigenvalue weighted by atomic mass is 9.95. The molecular formula is C13H18O3. The molecule has 0 aliphatic heterocycles. The summed E-state index contributed by atoms with van der Waals surface area (Å²) in [4.78, 5) is 0. The highest BCUT2D eigenvalue weighted by Gasteiger charge is 2.27. The van der Waals surface area contributed by atoms with E-state index in [1.54, 1.807) is 14.2 Å². The van der Waals surface area contributed by atoms with Gasteiger partial charge < -0.3 is 14.6 Å². The van der Waals surface area contributed by atoms with Crippen molar-refractivity contribution in [3.63, 3.8) is 0 Å². The molecule has 1 aliphatic rings. The van der Waals surface area contributed by atoms with Gasteiger partial charge in [-0.25, -0.2) is 0 Å². The van der Waals surface area contributed by atoms with Gasteiger partial charge in [0.15, 0.2) is 0 Å². The van der Waals surface area contributed by atoms with Crippen LogP contribution in [0.25, 0.3) is 0 Å². The molecule has 2 atom stereocenters. The van der Waals surface area contributed by atoms with Gasteiger partial charge in [-0.3, -0.25) is 0 Å². The lowest BCUT2D eigenvalue weighted by Gasteiger charge is -2.16. The van der Waals surface area contributed by atoms with Crippen LogP contribution in [0.3, 0.4) is 0 Å². The molecule has 0 saturated heterocycles. The summed E-state index contributed by atoms with van der Waals surface area (Å²) in [5.74, 6) is 1.80. The maximum Gasteiger partial charge on any atom is 0.122 e. The molecule has 1 aromatic carbocycles. The zero-order valence-corrected chi connectivity index (χ0v) is 9.77. The van der Waals surface area contributed by atoms with Gasteiger partial charge in [-0.15, -0.1) is 0 Å². The first-order valence-corrected chi connectivity index (χ1v) is 5.65. The van der Waals surface area contributed by atoms with Crippen LogP contribution in [-0.2, 0) is 0 Å². The number of hydrogen-bond donors (Lipinski definition) is 1. The third kappa shape index (κ3) is 2.14. The first-order chi connectivity index (χ1) is 7.74. The second-order valence-corrected chi connectivity index (χ2v) is 4.25. The van der Waals surface area contributed by atoms with Gasteiger partial charge in [-0.1, -0.05) is 6.42 Å². The fraction of sp³-hybridized carbons (Fsp3) is 0.538. The minimum Gasteiger partial charge on any atom is -0.497 e. The SMILES string of the molecule is COc1cc(OC)cc([C@@H]2CCC[C@@H]2O)c1. The lowest BCUT2D eigenvalue weighted by molar-refractivity contribution is 0.163. The largest absolute Gasteiger partial charge is 0.497 e. The summed E-state index contributed by atoms with van der Waals surface area (Å²) in [5, 5.41) is 9.89. The van der Waals surface area contributed by atoms with Crippen LogP contribution in [0, 0.1) is 0 Å². The first-order valence-electron chi connectivity index (χ1n) is 5.65. The molecule has 16 heavy (non-hydrogen) atoms. The third-order valence-corrected chi connectivity index (χ3v) is 3.28. The molecule has 3 heteroatoms. The van der Waals surface area contributed by atoms with Gasteiger partial charge in [0.1, 0.15) is 11.5 Å². The zero-order valence-electron chi connectivity index (χ0n) is 9.77. The number of ether oxygens (including phenoxy) is 2. The molecule has 0 radical (unpaired) electrons. The Morgan fingerprint density at radius 3 is 2.12 bits per heavy atom. The molecular weight excluding hydrogens is 204 g/mol. The molecule has 1 saturated carbocycles. The minimum absolute atomic E-state index is 0.225. The molecule has 0 amide bonds. The van der Waals surface area contributed by atoms with Crippen molar-refractivity contribution in [3.05, 3.63) is 23.8 Å². The number of benzene rings is 1. The number of aliphatic hydroxyl groups is 1. The Balaban J connectivity index is 2.31. The summed E-state index contributed by atoms with van der Waals surface area (Å²) >= 11 is 0. The van der Waals surface area contributed by atoms with Crippen molar-refractivity contribution in [2.75, 3.05) is 14.2 Å². The van der Waals surface area contributed by atoms with Crippen LogP contribution in [0.4, 0.5) is 0 Å². The maximum atomic E-state index is 9.89. The van der Waals surface area contributed by atoms with Crippen LogP contribution in [0.1, 0.15) is 30.7 Å². The van der Waals surface area contributed by atoms with E-state index < -0.39 is 0 Å². The van der Waals surface area contributed by atoms with Gasteiger partial charge in [0.25, 0.3) is 0 Å². The maximum absolute atomic E-state index is 9.89. The van der Waals surface area contributed by atoms with Gasteiger partial charge in [-0.2, -0.15) is 0 Å². The third-order valence-electron chi connectivity index (χ3n) is 3.28. The molecule has 0 heterocycles. The standard InChI is InChI=1S/C13H18O3/c1-15-10-6-9(7-11(8-10)16-2)12-4-3-5-13(12)14/h6-8,12-14H,3-5H2,1-2H3/t12-,13-/m0/s1. The normalized spacial score (nSPS) is 24.4. The molecule has 1 aliphatic carbocycles. The molecule has 1 N–H and O–H groups in total. The van der Waals surface area contributed by atoms with Crippen molar-refractivity contribution in [1.29, 1.82) is 0 Å². The van der Waals surface area contributed by atoms with Crippen LogP contribution in [-0.4, -0.2) is 25.4 Å². The highest BCUT2D eigenvalue weighted by Crippen LogP contribution is 2.37. The van der Waals surface area contributed by atoms with Crippen LogP contribution in [0.2, 0.25) is 0 Å². The van der Waals surface area contributed by atoms with Crippen molar-refractivity contribution >= 4 is 0 Å². The van der Waals surface area contributed by atoms with E-state index in [0.29, 0.717) is 0 Å². The average Bonchev–Trinajstić information content (AvgIpc) is 2.74. The summed E-state index contributed by atoms with van der Waals surface area (Å²) in [6, 6.07) is 5.83. The van der Waals surface area contributed by atoms with Crippen molar-refractivity contribution in [1.82, 2.24) is 0 Å². The molecule has 0 aromatic heterocycles. The Kier molecular flexibility index (Phi) is 3.34. The molecule has 0 spiro atoms. The summed E-state index contributed by atoms with van der Waals surface area (Å²) in [5.41, 5.74) is 1.11. The highest BCUT2D eigenvalue weighted by molar-refractivity contribution is 5.40. The summed E-state index contributed by atoms with van der Waals surface area (Å²) < 4.78 is 10.5. The smallest absolute Gasteiger partial charge is 0.122 e. The monoisotopic (exact) mass is 222 g/mol. The van der Waals surface area contributed by atoms with E-state index in [1.165, 1.54) is 0 Å². The van der Waals surface area contributed by atoms with Gasteiger partial charge in [0.05, 0.1) is 20.3 Å². The van der Waals surface area contributed by atoms with E-state index in [4.69, 9.17) is 9.47 Å². The quantitative estimate of drug-likeness (QED) is 0.853. The van der Waals surface area contributed by atoms with Gasteiger partial charge in [-0.05, 0) is 30.5 Å². The Labute approximate surface area is 96.0 Å². The van der Waals surface area contributed by atoms with E-state index in [9.17, 15) is 5.11 Å². The van der Waals surface area contributed by atoms with Gasteiger partial charge >= 0.3 is 0 Å². The predicted octanol–water partition coefficient (Wildman–Crippen LogP) is 2.33. The number of rotatable bonds is 3. The van der Waals surface area contributed by atoms with Crippen LogP contribution < -0.4 is 9.47 Å². The van der Waals surface area contributed by atoms with E-state index >= 15 is 0 Å². The predicted molar refractivity (Wildman–Crippen MR) is 62.1 cm³/mol. The second-order valence-electron chi connectivity index (χ2n) is 4.25. The average molecular weight is 222 g/mol. The Bertz CT molecular complexity index is 340. The molecule has 88 valence electrons. The van der Waals surface area contributed by atoms with Crippen LogP contribution in [0.5, 0.6) is 11.5 Å². The molecule has 1 aromatic rings. The topological polar surface area (TPSA) is 38.7 Å². The fourth-order valence-corrected chi connectivity index (χ4v) is 2.37. The van der Waals surface area contributed by atoms with Crippen molar-refractivity contribution in [2.24, 2.45) is 0 Å². The van der Waals surface area contributed by atoms with Gasteiger partial charge in [0.2, 0.25) is 0 Å². The van der Waals surface area contributed by atoms with Gasteiger partial charge in [0, 0.05) is 12.0 Å². The summed E-state index contributed by atoms with van der Waals surface area (Å²) in [6.45, 7) is 0. The molecule has 3 nitrogen and oxygen atoms in total. The summed E-state index contributed by atoms with van der Waals surface area (Å²) in [7, 11) is 3.28. The Morgan fingerprint density at radius 2 is 1.69 bits per heavy atom. The zero-order chi connectivity index (χ0) is 11.5. The molecule has 0 unspecified atom stereocenters. The highest BCUT2D eigenvalue weighted by atomic mass is 16.5. The second kappa shape index (κ2) is 4.74. The van der Waals surface area contributed by atoms with E-state index in [-0.39, 0.29) is 12.0 Å². The van der Waals surface area contributed by atoms with Crippen molar-refractivity contribution in [2.45, 2.75) is 31.3 Å². The van der Waals surface area contributed by atoms with Crippen LogP contribution in [0.15, 0.2) is 18.2 Å². The van der Waals surface area contributed by atoms with Crippen molar-refractivity contribution < 1.29 is 14.6 Å². The Morgan fingerprint density at radius 1 is 1.06 bits per heavy atom. The van der Waals surface area contributed by atoms with E-state index in [1.807, 2.05) is 18.2 Å². The molecule has 0 bridgehead atoms. The first kappa shape index (κ1) is 11.3. The molecule has 2 rings (SSSR count). The van der Waals surface area contributed by atoms with E-state index in [0.717, 1.165) is 36.3 Å². The number of aliphatic hydroxyl groups excluding tert-OH is 1. The lowest BCUT2D eigenvalue weighted by Crippen LogP contribution is -2.11. The minimum atomic E-state index is -0.225. The summed E-state index contributed by atoms with van der Waals surface area (Å²) in [6.07, 6.45) is 2.80. The van der Waals surface area contributed by atoms with Crippen LogP contribution >= 0.6 is 0 Å². The van der Waals surface area contributed by atoms with Crippen molar-refractivity contribution in [3.8, 4) is 11.5 Å².